The Morgan fingerprint density at radius 3 is 2.56 bits per heavy atom. The van der Waals surface area contributed by atoms with Crippen LogP contribution in [0.25, 0.3) is 10.9 Å². The number of aliphatic hydroxyl groups is 1. The van der Waals surface area contributed by atoms with Gasteiger partial charge in [-0.15, -0.1) is 0 Å². The molecule has 1 heterocycles. The van der Waals surface area contributed by atoms with Crippen molar-refractivity contribution < 1.29 is 9.90 Å². The Morgan fingerprint density at radius 1 is 1.15 bits per heavy atom. The van der Waals surface area contributed by atoms with Crippen LogP contribution in [0.4, 0.5) is 0 Å². The van der Waals surface area contributed by atoms with Crippen molar-refractivity contribution in [2.45, 2.75) is 24.5 Å². The molecule has 1 aromatic heterocycles. The van der Waals surface area contributed by atoms with Crippen LogP contribution in [0.5, 0.6) is 0 Å². The topological polar surface area (TPSA) is 78.0 Å². The monoisotopic (exact) mass is 401 g/mol. The van der Waals surface area contributed by atoms with Crippen LogP contribution in [0.3, 0.4) is 0 Å². The second-order valence-corrected chi connectivity index (χ2v) is 8.43. The van der Waals surface area contributed by atoms with Gasteiger partial charge >= 0.3 is 0 Å². The molecule has 5 rings (SSSR count). The fraction of sp³-hybridized carbons (Fsp3) is 0.300. The van der Waals surface area contributed by atoms with E-state index in [9.17, 15) is 9.90 Å². The van der Waals surface area contributed by atoms with Crippen LogP contribution in [0.15, 0.2) is 42.6 Å². The van der Waals surface area contributed by atoms with Gasteiger partial charge in [0.05, 0.1) is 17.3 Å². The highest BCUT2D eigenvalue weighted by Crippen LogP contribution is 2.60. The molecule has 2 aliphatic carbocycles. The number of rotatable bonds is 3. The van der Waals surface area contributed by atoms with Gasteiger partial charge in [-0.05, 0) is 66.6 Å². The Kier molecular flexibility index (Phi) is 3.76. The standard InChI is InChI=1S/C20H17Cl2N3O2/c21-11-3-1-10(2-4-11)19(26)24-18-13-7-20(27,8-14(13)18)16-5-12(22)6-17-15(16)9-23-25-17/h1-6,9,13-14,18,27H,7-8H2,(H,23,25)(H,24,26)/t13-,14+,18+,20+. The Labute approximate surface area is 165 Å². The molecule has 0 bridgehead atoms. The zero-order chi connectivity index (χ0) is 18.8. The summed E-state index contributed by atoms with van der Waals surface area (Å²) in [5.41, 5.74) is 1.28. The number of aromatic nitrogens is 2. The van der Waals surface area contributed by atoms with E-state index < -0.39 is 5.60 Å². The Balaban J connectivity index is 1.32. The predicted molar refractivity (Wildman–Crippen MR) is 104 cm³/mol. The molecule has 3 N–H and O–H groups in total. The number of halogens is 2. The molecule has 4 atom stereocenters. The molecular weight excluding hydrogens is 385 g/mol. The summed E-state index contributed by atoms with van der Waals surface area (Å²) in [6, 6.07) is 10.6. The lowest BCUT2D eigenvalue weighted by molar-refractivity contribution is 0.0293. The SMILES string of the molecule is O=C(N[C@H]1[C@@H]2C[C@@](O)(c3cc(Cl)cc4[nH]ncc34)C[C@@H]21)c1ccc(Cl)cc1. The number of hydrogen-bond donors (Lipinski definition) is 3. The molecule has 0 saturated heterocycles. The van der Waals surface area contributed by atoms with Gasteiger partial charge in [-0.1, -0.05) is 23.2 Å². The predicted octanol–water partition coefficient (Wildman–Crippen LogP) is 3.90. The van der Waals surface area contributed by atoms with E-state index in [2.05, 4.69) is 15.5 Å². The molecule has 5 nitrogen and oxygen atoms in total. The van der Waals surface area contributed by atoms with E-state index in [4.69, 9.17) is 23.2 Å². The van der Waals surface area contributed by atoms with E-state index in [0.717, 1.165) is 16.5 Å². The summed E-state index contributed by atoms with van der Waals surface area (Å²) in [5.74, 6) is 0.439. The molecule has 0 unspecified atom stereocenters. The first-order valence-corrected chi connectivity index (χ1v) is 9.62. The van der Waals surface area contributed by atoms with Gasteiger partial charge in [0.15, 0.2) is 0 Å². The minimum absolute atomic E-state index is 0.102. The zero-order valence-corrected chi connectivity index (χ0v) is 15.8. The fourth-order valence-corrected chi connectivity index (χ4v) is 4.88. The molecule has 138 valence electrons. The second kappa shape index (κ2) is 5.96. The van der Waals surface area contributed by atoms with Gasteiger partial charge in [-0.3, -0.25) is 9.89 Å². The highest BCUT2D eigenvalue weighted by atomic mass is 35.5. The average Bonchev–Trinajstić information content (AvgIpc) is 3.02. The Hall–Kier alpha value is -2.08. The lowest BCUT2D eigenvalue weighted by Crippen LogP contribution is -2.33. The van der Waals surface area contributed by atoms with Gasteiger partial charge < -0.3 is 10.4 Å². The van der Waals surface area contributed by atoms with Crippen molar-refractivity contribution >= 4 is 40.0 Å². The number of carbonyl (C=O) groups is 1. The highest BCUT2D eigenvalue weighted by Gasteiger charge is 2.62. The van der Waals surface area contributed by atoms with Gasteiger partial charge in [0.2, 0.25) is 0 Å². The van der Waals surface area contributed by atoms with Gasteiger partial charge in [-0.25, -0.2) is 0 Å². The van der Waals surface area contributed by atoms with E-state index in [1.807, 2.05) is 12.1 Å². The third-order valence-electron chi connectivity index (χ3n) is 5.91. The van der Waals surface area contributed by atoms with Crippen molar-refractivity contribution in [3.8, 4) is 0 Å². The van der Waals surface area contributed by atoms with Crippen LogP contribution in [0, 0.1) is 11.8 Å². The lowest BCUT2D eigenvalue weighted by Gasteiger charge is -2.27. The second-order valence-electron chi connectivity index (χ2n) is 7.56. The summed E-state index contributed by atoms with van der Waals surface area (Å²) >= 11 is 12.1. The smallest absolute Gasteiger partial charge is 0.251 e. The maximum Gasteiger partial charge on any atom is 0.251 e. The molecule has 27 heavy (non-hydrogen) atoms. The van der Waals surface area contributed by atoms with Crippen LogP contribution < -0.4 is 5.32 Å². The first-order valence-electron chi connectivity index (χ1n) is 8.86. The van der Waals surface area contributed by atoms with Crippen molar-refractivity contribution in [2.75, 3.05) is 0 Å². The summed E-state index contributed by atoms with van der Waals surface area (Å²) in [6.45, 7) is 0. The molecule has 0 aliphatic heterocycles. The largest absolute Gasteiger partial charge is 0.385 e. The third kappa shape index (κ3) is 2.81. The minimum Gasteiger partial charge on any atom is -0.385 e. The summed E-state index contributed by atoms with van der Waals surface area (Å²) in [4.78, 5) is 12.4. The van der Waals surface area contributed by atoms with Crippen LogP contribution in [0.1, 0.15) is 28.8 Å². The highest BCUT2D eigenvalue weighted by molar-refractivity contribution is 6.31. The molecule has 1 amide bonds. The molecule has 3 aromatic rings. The van der Waals surface area contributed by atoms with E-state index in [-0.39, 0.29) is 23.8 Å². The van der Waals surface area contributed by atoms with E-state index in [1.54, 1.807) is 30.5 Å². The number of carbonyl (C=O) groups excluding carboxylic acids is 1. The molecule has 2 fully saturated rings. The Morgan fingerprint density at radius 2 is 1.85 bits per heavy atom. The number of H-pyrrole nitrogens is 1. The molecule has 7 heteroatoms. The first kappa shape index (κ1) is 17.0. The zero-order valence-electron chi connectivity index (χ0n) is 14.2. The molecule has 0 radical (unpaired) electrons. The molecule has 2 aromatic carbocycles. The van der Waals surface area contributed by atoms with Crippen LogP contribution in [-0.4, -0.2) is 27.3 Å². The molecular formula is C20H17Cl2N3O2. The average molecular weight is 402 g/mol. The maximum atomic E-state index is 12.4. The van der Waals surface area contributed by atoms with Crippen molar-refractivity contribution in [3.63, 3.8) is 0 Å². The molecule has 2 saturated carbocycles. The van der Waals surface area contributed by atoms with Crippen molar-refractivity contribution in [1.29, 1.82) is 0 Å². The number of amides is 1. The van der Waals surface area contributed by atoms with Crippen molar-refractivity contribution in [2.24, 2.45) is 11.8 Å². The van der Waals surface area contributed by atoms with Crippen molar-refractivity contribution in [1.82, 2.24) is 15.5 Å². The van der Waals surface area contributed by atoms with E-state index >= 15 is 0 Å². The summed E-state index contributed by atoms with van der Waals surface area (Å²) in [6.07, 6.45) is 2.93. The number of hydrogen-bond acceptors (Lipinski definition) is 3. The normalized spacial score (nSPS) is 28.9. The van der Waals surface area contributed by atoms with Crippen LogP contribution in [-0.2, 0) is 5.60 Å². The number of fused-ring (bicyclic) bond motifs is 2. The summed E-state index contributed by atoms with van der Waals surface area (Å²) < 4.78 is 0. The van der Waals surface area contributed by atoms with Gasteiger partial charge in [0, 0.05) is 27.0 Å². The quantitative estimate of drug-likeness (QED) is 0.622. The fourth-order valence-electron chi connectivity index (χ4n) is 4.54. The number of nitrogens with zero attached hydrogens (tertiary/aromatic N) is 1. The summed E-state index contributed by atoms with van der Waals surface area (Å²) in [7, 11) is 0. The Bertz CT molecular complexity index is 1040. The number of benzene rings is 2. The number of aromatic amines is 1. The van der Waals surface area contributed by atoms with Gasteiger partial charge in [-0.2, -0.15) is 5.10 Å². The van der Waals surface area contributed by atoms with Crippen molar-refractivity contribution in [3.05, 3.63) is 63.8 Å². The third-order valence-corrected chi connectivity index (χ3v) is 6.38. The lowest BCUT2D eigenvalue weighted by atomic mass is 9.86. The maximum absolute atomic E-state index is 12.4. The van der Waals surface area contributed by atoms with Gasteiger partial charge in [0.25, 0.3) is 5.91 Å². The first-order chi connectivity index (χ1) is 12.9. The van der Waals surface area contributed by atoms with Gasteiger partial charge in [0.1, 0.15) is 0 Å². The van der Waals surface area contributed by atoms with E-state index in [1.165, 1.54) is 0 Å². The number of nitrogens with one attached hydrogen (secondary N) is 2. The molecule has 2 aliphatic rings. The van der Waals surface area contributed by atoms with Crippen LogP contribution in [0.2, 0.25) is 10.0 Å². The minimum atomic E-state index is -0.941. The summed E-state index contributed by atoms with van der Waals surface area (Å²) in [5, 5.41) is 23.4. The molecule has 0 spiro atoms. The van der Waals surface area contributed by atoms with Crippen LogP contribution >= 0.6 is 23.2 Å². The van der Waals surface area contributed by atoms with E-state index in [0.29, 0.717) is 28.5 Å².